The van der Waals surface area contributed by atoms with Crippen molar-refractivity contribution in [3.05, 3.63) is 24.3 Å². The van der Waals surface area contributed by atoms with Crippen LogP contribution in [0.15, 0.2) is 29.2 Å². The molecule has 0 aromatic heterocycles. The lowest BCUT2D eigenvalue weighted by atomic mass is 10.3. The summed E-state index contributed by atoms with van der Waals surface area (Å²) >= 11 is 1.67. The van der Waals surface area contributed by atoms with Gasteiger partial charge in [-0.2, -0.15) is 0 Å². The Morgan fingerprint density at radius 2 is 1.73 bits per heavy atom. The molecule has 0 aliphatic carbocycles. The van der Waals surface area contributed by atoms with Crippen LogP contribution in [0.2, 0.25) is 0 Å². The molecule has 1 aromatic rings. The monoisotopic (exact) mass is 169 g/mol. The first-order chi connectivity index (χ1) is 5.34. The van der Waals surface area contributed by atoms with Crippen molar-refractivity contribution in [2.24, 2.45) is 0 Å². The van der Waals surface area contributed by atoms with Crippen LogP contribution < -0.4 is 5.73 Å². The molecule has 0 aliphatic heterocycles. The van der Waals surface area contributed by atoms with Gasteiger partial charge in [-0.3, -0.25) is 0 Å². The molecule has 1 nitrogen and oxygen atoms in total. The van der Waals surface area contributed by atoms with Gasteiger partial charge in [-0.15, -0.1) is 11.8 Å². The number of para-hydroxylation sites is 1. The molecular formula is C9H15NS. The van der Waals surface area contributed by atoms with Crippen molar-refractivity contribution in [1.29, 1.82) is 0 Å². The summed E-state index contributed by atoms with van der Waals surface area (Å²) in [5.74, 6) is 0. The Morgan fingerprint density at radius 1 is 1.18 bits per heavy atom. The van der Waals surface area contributed by atoms with Gasteiger partial charge in [0.2, 0.25) is 0 Å². The molecule has 0 fully saturated rings. The molecule has 62 valence electrons. The largest absolute Gasteiger partial charge is 0.398 e. The van der Waals surface area contributed by atoms with Gasteiger partial charge in [-0.25, -0.2) is 0 Å². The molecule has 0 heterocycles. The summed E-state index contributed by atoms with van der Waals surface area (Å²) < 4.78 is 0. The molecule has 0 saturated heterocycles. The SMILES string of the molecule is CC.CSc1ccccc1N. The van der Waals surface area contributed by atoms with Crippen LogP contribution in [0.1, 0.15) is 13.8 Å². The van der Waals surface area contributed by atoms with E-state index in [9.17, 15) is 0 Å². The minimum Gasteiger partial charge on any atom is -0.398 e. The third kappa shape index (κ3) is 3.33. The van der Waals surface area contributed by atoms with E-state index >= 15 is 0 Å². The van der Waals surface area contributed by atoms with Crippen LogP contribution in [0.4, 0.5) is 5.69 Å². The first kappa shape index (κ1) is 10.4. The maximum atomic E-state index is 5.61. The molecule has 2 N–H and O–H groups in total. The van der Waals surface area contributed by atoms with Gasteiger partial charge in [0, 0.05) is 10.6 Å². The van der Waals surface area contributed by atoms with Crippen molar-refractivity contribution in [1.82, 2.24) is 0 Å². The smallest absolute Gasteiger partial charge is 0.0452 e. The number of hydrogen-bond donors (Lipinski definition) is 1. The molecule has 0 unspecified atom stereocenters. The standard InChI is InChI=1S/C7H9NS.C2H6/c1-9-7-5-3-2-4-6(7)8;1-2/h2-5H,8H2,1H3;1-2H3. The van der Waals surface area contributed by atoms with Crippen LogP contribution in [0.5, 0.6) is 0 Å². The van der Waals surface area contributed by atoms with Crippen molar-refractivity contribution < 1.29 is 0 Å². The molecule has 1 aromatic carbocycles. The minimum atomic E-state index is 0.866. The number of benzene rings is 1. The van der Waals surface area contributed by atoms with Gasteiger partial charge in [0.05, 0.1) is 0 Å². The Bertz CT molecular complexity index is 199. The van der Waals surface area contributed by atoms with Gasteiger partial charge in [0.15, 0.2) is 0 Å². The molecule has 0 bridgehead atoms. The van der Waals surface area contributed by atoms with Gasteiger partial charge >= 0.3 is 0 Å². The first-order valence-electron chi connectivity index (χ1n) is 3.73. The number of thioether (sulfide) groups is 1. The van der Waals surface area contributed by atoms with Crippen LogP contribution in [0, 0.1) is 0 Å². The topological polar surface area (TPSA) is 26.0 Å². The number of hydrogen-bond acceptors (Lipinski definition) is 2. The highest BCUT2D eigenvalue weighted by Gasteiger charge is 1.91. The van der Waals surface area contributed by atoms with Crippen molar-refractivity contribution in [2.75, 3.05) is 12.0 Å². The Hall–Kier alpha value is -0.630. The first-order valence-corrected chi connectivity index (χ1v) is 4.95. The molecule has 0 spiro atoms. The van der Waals surface area contributed by atoms with E-state index in [1.807, 2.05) is 44.4 Å². The van der Waals surface area contributed by atoms with Crippen LogP contribution >= 0.6 is 11.8 Å². The molecule has 0 saturated carbocycles. The predicted octanol–water partition coefficient (Wildman–Crippen LogP) is 3.02. The van der Waals surface area contributed by atoms with E-state index in [0.29, 0.717) is 0 Å². The maximum absolute atomic E-state index is 5.61. The van der Waals surface area contributed by atoms with Gasteiger partial charge in [-0.05, 0) is 18.4 Å². The normalized spacial score (nSPS) is 8.27. The lowest BCUT2D eigenvalue weighted by Crippen LogP contribution is -1.85. The van der Waals surface area contributed by atoms with Gasteiger partial charge in [-0.1, -0.05) is 26.0 Å². The Kier molecular flexibility index (Phi) is 5.75. The summed E-state index contributed by atoms with van der Waals surface area (Å²) in [5, 5.41) is 0. The number of rotatable bonds is 1. The van der Waals surface area contributed by atoms with E-state index in [0.717, 1.165) is 10.6 Å². The van der Waals surface area contributed by atoms with Gasteiger partial charge in [0.25, 0.3) is 0 Å². The second kappa shape index (κ2) is 6.10. The lowest BCUT2D eigenvalue weighted by molar-refractivity contribution is 1.47. The molecule has 1 rings (SSSR count). The summed E-state index contributed by atoms with van der Waals surface area (Å²) in [4.78, 5) is 1.15. The van der Waals surface area contributed by atoms with Crippen molar-refractivity contribution in [3.63, 3.8) is 0 Å². The van der Waals surface area contributed by atoms with Crippen molar-refractivity contribution in [3.8, 4) is 0 Å². The van der Waals surface area contributed by atoms with Crippen LogP contribution in [-0.2, 0) is 0 Å². The number of anilines is 1. The Balaban J connectivity index is 0.000000461. The highest BCUT2D eigenvalue weighted by molar-refractivity contribution is 7.98. The van der Waals surface area contributed by atoms with Gasteiger partial charge in [0.1, 0.15) is 0 Å². The molecule has 0 atom stereocenters. The van der Waals surface area contributed by atoms with Crippen LogP contribution in [0.3, 0.4) is 0 Å². The third-order valence-corrected chi connectivity index (χ3v) is 1.95. The second-order valence-electron chi connectivity index (χ2n) is 1.74. The summed E-state index contributed by atoms with van der Waals surface area (Å²) in [7, 11) is 0. The highest BCUT2D eigenvalue weighted by Crippen LogP contribution is 2.20. The van der Waals surface area contributed by atoms with Gasteiger partial charge < -0.3 is 5.73 Å². The van der Waals surface area contributed by atoms with Crippen molar-refractivity contribution in [2.45, 2.75) is 18.7 Å². The molecule has 11 heavy (non-hydrogen) atoms. The Morgan fingerprint density at radius 3 is 2.09 bits per heavy atom. The minimum absolute atomic E-state index is 0.866. The molecule has 0 amide bonds. The predicted molar refractivity (Wildman–Crippen MR) is 54.0 cm³/mol. The van der Waals surface area contributed by atoms with E-state index < -0.39 is 0 Å². The fraction of sp³-hybridized carbons (Fsp3) is 0.333. The average Bonchev–Trinajstić information content (AvgIpc) is 2.09. The molecule has 0 aliphatic rings. The number of nitrogens with two attached hydrogens (primary N) is 1. The van der Waals surface area contributed by atoms with E-state index in [-0.39, 0.29) is 0 Å². The molecule has 2 heteroatoms. The molecular weight excluding hydrogens is 154 g/mol. The van der Waals surface area contributed by atoms with Crippen molar-refractivity contribution >= 4 is 17.4 Å². The molecule has 0 radical (unpaired) electrons. The van der Waals surface area contributed by atoms with Crippen LogP contribution in [0.25, 0.3) is 0 Å². The van der Waals surface area contributed by atoms with Crippen LogP contribution in [-0.4, -0.2) is 6.26 Å². The summed E-state index contributed by atoms with van der Waals surface area (Å²) in [6, 6.07) is 7.85. The fourth-order valence-corrected chi connectivity index (χ4v) is 1.18. The van der Waals surface area contributed by atoms with E-state index in [4.69, 9.17) is 5.73 Å². The number of nitrogen functional groups attached to an aromatic ring is 1. The maximum Gasteiger partial charge on any atom is 0.0452 e. The zero-order valence-electron chi connectivity index (χ0n) is 7.29. The van der Waals surface area contributed by atoms with E-state index in [2.05, 4.69) is 0 Å². The quantitative estimate of drug-likeness (QED) is 0.516. The Labute approximate surface area is 73.0 Å². The second-order valence-corrected chi connectivity index (χ2v) is 2.59. The zero-order chi connectivity index (χ0) is 8.69. The average molecular weight is 169 g/mol. The van der Waals surface area contributed by atoms with E-state index in [1.54, 1.807) is 11.8 Å². The lowest BCUT2D eigenvalue weighted by Gasteiger charge is -1.97. The van der Waals surface area contributed by atoms with E-state index in [1.165, 1.54) is 0 Å². The summed E-state index contributed by atoms with van der Waals surface area (Å²) in [6.07, 6.45) is 2.02. The summed E-state index contributed by atoms with van der Waals surface area (Å²) in [6.45, 7) is 4.00. The third-order valence-electron chi connectivity index (χ3n) is 1.14. The fourth-order valence-electron chi connectivity index (χ4n) is 0.666. The highest BCUT2D eigenvalue weighted by atomic mass is 32.2. The summed E-state index contributed by atoms with van der Waals surface area (Å²) in [5.41, 5.74) is 6.48. The zero-order valence-corrected chi connectivity index (χ0v) is 8.11.